The maximum Gasteiger partial charge on any atom is 0.303 e. The summed E-state index contributed by atoms with van der Waals surface area (Å²) in [6, 6.07) is 0.768. The summed E-state index contributed by atoms with van der Waals surface area (Å²) in [4.78, 5) is 20.8. The molecule has 0 aliphatic carbocycles. The topological polar surface area (TPSA) is 108 Å². The van der Waals surface area contributed by atoms with Crippen LogP contribution in [-0.4, -0.2) is 29.6 Å². The maximum atomic E-state index is 11.2. The van der Waals surface area contributed by atoms with E-state index in [-0.39, 0.29) is 28.9 Å². The van der Waals surface area contributed by atoms with E-state index < -0.39 is 21.2 Å². The Bertz CT molecular complexity index is 549. The molecular weight excluding hydrogens is 290 g/mol. The third-order valence-electron chi connectivity index (χ3n) is 2.66. The summed E-state index contributed by atoms with van der Waals surface area (Å²) < 4.78 is 4.90. The molecule has 9 heteroatoms. The highest BCUT2D eigenvalue weighted by atomic mass is 35.5. The van der Waals surface area contributed by atoms with Crippen LogP contribution in [0, 0.1) is 27.2 Å². The van der Waals surface area contributed by atoms with Gasteiger partial charge in [-0.25, -0.2) is 0 Å². The lowest BCUT2D eigenvalue weighted by molar-refractivity contribution is -0.392. The summed E-state index contributed by atoms with van der Waals surface area (Å²) in [5.41, 5.74) is -0.816. The van der Waals surface area contributed by atoms with E-state index in [2.05, 4.69) is 5.32 Å². The van der Waals surface area contributed by atoms with Gasteiger partial charge in [-0.3, -0.25) is 20.2 Å². The molecule has 1 aromatic rings. The predicted octanol–water partition coefficient (Wildman–Crippen LogP) is 2.91. The molecule has 0 aliphatic rings. The van der Waals surface area contributed by atoms with Gasteiger partial charge in [-0.05, 0) is 13.8 Å². The van der Waals surface area contributed by atoms with Crippen LogP contribution >= 0.6 is 11.6 Å². The lowest BCUT2D eigenvalue weighted by atomic mass is 10.1. The second kappa shape index (κ2) is 6.49. The number of methoxy groups -OCH3 is 1. The molecule has 110 valence electrons. The first-order valence-electron chi connectivity index (χ1n) is 5.67. The molecule has 0 fully saturated rings. The van der Waals surface area contributed by atoms with Crippen molar-refractivity contribution in [3.05, 3.63) is 36.9 Å². The molecule has 0 saturated carbocycles. The van der Waals surface area contributed by atoms with Crippen molar-refractivity contribution < 1.29 is 14.6 Å². The fourth-order valence-electron chi connectivity index (χ4n) is 1.77. The third-order valence-corrected chi connectivity index (χ3v) is 3.05. The molecule has 0 bridgehead atoms. The van der Waals surface area contributed by atoms with Crippen LogP contribution in [0.5, 0.6) is 0 Å². The van der Waals surface area contributed by atoms with Crippen LogP contribution in [0.2, 0.25) is 5.02 Å². The van der Waals surface area contributed by atoms with Crippen molar-refractivity contribution in [2.75, 3.05) is 19.0 Å². The van der Waals surface area contributed by atoms with E-state index in [0.29, 0.717) is 0 Å². The highest BCUT2D eigenvalue weighted by Crippen LogP contribution is 2.41. The normalized spacial score (nSPS) is 12.0. The van der Waals surface area contributed by atoms with E-state index in [1.165, 1.54) is 14.0 Å². The van der Waals surface area contributed by atoms with E-state index in [4.69, 9.17) is 16.3 Å². The smallest absolute Gasteiger partial charge is 0.303 e. The van der Waals surface area contributed by atoms with Gasteiger partial charge in [0.05, 0.1) is 21.5 Å². The third kappa shape index (κ3) is 3.34. The molecule has 0 spiro atoms. The Kier molecular flexibility index (Phi) is 5.23. The molecule has 1 rings (SSSR count). The summed E-state index contributed by atoms with van der Waals surface area (Å²) in [6.45, 7) is 3.38. The highest BCUT2D eigenvalue weighted by Gasteiger charge is 2.30. The molecule has 0 radical (unpaired) electrons. The van der Waals surface area contributed by atoms with Crippen LogP contribution in [-0.2, 0) is 4.74 Å². The van der Waals surface area contributed by atoms with Crippen molar-refractivity contribution in [1.29, 1.82) is 0 Å². The average molecular weight is 304 g/mol. The zero-order valence-corrected chi connectivity index (χ0v) is 11.9. The summed E-state index contributed by atoms with van der Waals surface area (Å²) >= 11 is 5.82. The van der Waals surface area contributed by atoms with E-state index in [0.717, 1.165) is 6.07 Å². The fraction of sp³-hybridized carbons (Fsp3) is 0.455. The minimum Gasteiger partial charge on any atom is -0.383 e. The van der Waals surface area contributed by atoms with Crippen molar-refractivity contribution in [3.8, 4) is 0 Å². The number of nitrogens with zero attached hydrogens (tertiary/aromatic N) is 2. The van der Waals surface area contributed by atoms with Crippen LogP contribution in [0.1, 0.15) is 12.5 Å². The van der Waals surface area contributed by atoms with E-state index >= 15 is 0 Å². The Hall–Kier alpha value is -1.93. The Morgan fingerprint density at radius 2 is 2.00 bits per heavy atom. The quantitative estimate of drug-likeness (QED) is 0.639. The zero-order valence-electron chi connectivity index (χ0n) is 11.2. The summed E-state index contributed by atoms with van der Waals surface area (Å²) in [7, 11) is 1.47. The number of ether oxygens (including phenoxy) is 1. The second-order valence-corrected chi connectivity index (χ2v) is 4.65. The number of nitro groups is 2. The number of anilines is 1. The maximum absolute atomic E-state index is 11.2. The molecule has 8 nitrogen and oxygen atoms in total. The lowest BCUT2D eigenvalue weighted by Crippen LogP contribution is -2.22. The predicted molar refractivity (Wildman–Crippen MR) is 74.5 cm³/mol. The molecular formula is C11H14ClN3O5. The van der Waals surface area contributed by atoms with Crippen LogP contribution in [0.4, 0.5) is 17.1 Å². The van der Waals surface area contributed by atoms with Crippen molar-refractivity contribution in [3.63, 3.8) is 0 Å². The molecule has 0 aliphatic heterocycles. The first kappa shape index (κ1) is 16.1. The van der Waals surface area contributed by atoms with Crippen LogP contribution in [0.25, 0.3) is 0 Å². The van der Waals surface area contributed by atoms with Crippen LogP contribution in [0.15, 0.2) is 6.07 Å². The van der Waals surface area contributed by atoms with Crippen LogP contribution in [0.3, 0.4) is 0 Å². The molecule has 1 unspecified atom stereocenters. The van der Waals surface area contributed by atoms with Gasteiger partial charge in [-0.1, -0.05) is 11.6 Å². The highest BCUT2D eigenvalue weighted by molar-refractivity contribution is 6.32. The van der Waals surface area contributed by atoms with Gasteiger partial charge in [-0.2, -0.15) is 0 Å². The summed E-state index contributed by atoms with van der Waals surface area (Å²) in [5, 5.41) is 24.9. The first-order chi connectivity index (χ1) is 9.29. The van der Waals surface area contributed by atoms with Crippen molar-refractivity contribution in [2.24, 2.45) is 0 Å². The minimum atomic E-state index is -0.708. The molecule has 1 aromatic carbocycles. The lowest BCUT2D eigenvalue weighted by Gasteiger charge is -2.15. The van der Waals surface area contributed by atoms with Gasteiger partial charge in [0, 0.05) is 24.8 Å². The Morgan fingerprint density at radius 1 is 1.40 bits per heavy atom. The Balaban J connectivity index is 3.46. The zero-order chi connectivity index (χ0) is 15.4. The van der Waals surface area contributed by atoms with E-state index in [9.17, 15) is 20.2 Å². The number of nitrogens with one attached hydrogen (secondary N) is 1. The van der Waals surface area contributed by atoms with Gasteiger partial charge in [0.25, 0.3) is 0 Å². The molecule has 1 atom stereocenters. The van der Waals surface area contributed by atoms with Gasteiger partial charge >= 0.3 is 11.4 Å². The Morgan fingerprint density at radius 3 is 2.45 bits per heavy atom. The molecule has 0 amide bonds. The molecule has 0 saturated heterocycles. The average Bonchev–Trinajstić information content (AvgIpc) is 2.33. The number of halogens is 1. The van der Waals surface area contributed by atoms with Crippen molar-refractivity contribution in [1.82, 2.24) is 0 Å². The van der Waals surface area contributed by atoms with Gasteiger partial charge in [0.2, 0.25) is 0 Å². The van der Waals surface area contributed by atoms with Crippen molar-refractivity contribution >= 4 is 28.7 Å². The van der Waals surface area contributed by atoms with Crippen LogP contribution < -0.4 is 5.32 Å². The number of hydrogen-bond donors (Lipinski definition) is 1. The van der Waals surface area contributed by atoms with Gasteiger partial charge < -0.3 is 10.1 Å². The van der Waals surface area contributed by atoms with Gasteiger partial charge in [-0.15, -0.1) is 0 Å². The number of rotatable bonds is 6. The molecule has 0 heterocycles. The first-order valence-corrected chi connectivity index (χ1v) is 6.04. The molecule has 0 aromatic heterocycles. The standard InChI is InChI=1S/C11H14ClN3O5/c1-6(5-20-3)13-10-9(14(16)17)4-8(12)7(2)11(10)15(18)19/h4,6,13H,5H2,1-3H3. The Labute approximate surface area is 120 Å². The number of benzene rings is 1. The summed E-state index contributed by atoms with van der Waals surface area (Å²) in [5.74, 6) is 0. The number of nitro benzene ring substituents is 2. The molecule has 20 heavy (non-hydrogen) atoms. The number of hydrogen-bond acceptors (Lipinski definition) is 6. The van der Waals surface area contributed by atoms with Gasteiger partial charge in [0.1, 0.15) is 0 Å². The summed E-state index contributed by atoms with van der Waals surface area (Å²) in [6.07, 6.45) is 0. The van der Waals surface area contributed by atoms with Gasteiger partial charge in [0.15, 0.2) is 5.69 Å². The second-order valence-electron chi connectivity index (χ2n) is 4.24. The largest absolute Gasteiger partial charge is 0.383 e. The minimum absolute atomic E-state index is 0.0201. The molecule has 1 N–H and O–H groups in total. The fourth-order valence-corrected chi connectivity index (χ4v) is 1.97. The SMILES string of the molecule is COCC(C)Nc1c([N+](=O)[O-])cc(Cl)c(C)c1[N+](=O)[O-]. The van der Waals surface area contributed by atoms with Crippen molar-refractivity contribution in [2.45, 2.75) is 19.9 Å². The van der Waals surface area contributed by atoms with E-state index in [1.54, 1.807) is 6.92 Å². The monoisotopic (exact) mass is 303 g/mol. The van der Waals surface area contributed by atoms with E-state index in [1.807, 2.05) is 0 Å².